The lowest BCUT2D eigenvalue weighted by atomic mass is 10.1. The molecule has 0 unspecified atom stereocenters. The van der Waals surface area contributed by atoms with Crippen LogP contribution in [0.1, 0.15) is 38.1 Å². The van der Waals surface area contributed by atoms with E-state index in [4.69, 9.17) is 10.5 Å². The Bertz CT molecular complexity index is 1330. The molecule has 0 bridgehead atoms. The summed E-state index contributed by atoms with van der Waals surface area (Å²) in [5, 5.41) is 17.9. The predicted octanol–water partition coefficient (Wildman–Crippen LogP) is 3.70. The minimum Gasteiger partial charge on any atom is -0.505 e. The number of hydrogen-bond donors (Lipinski definition) is 3. The first-order valence-electron chi connectivity index (χ1n) is 11.6. The number of nitrogen functional groups attached to an aromatic ring is 1. The molecule has 3 aromatic rings. The second-order valence-electron chi connectivity index (χ2n) is 10.0. The fraction of sp³-hybridized carbons (Fsp3) is 0.400. The van der Waals surface area contributed by atoms with E-state index < -0.39 is 17.3 Å². The molecule has 4 rings (SSSR count). The highest BCUT2D eigenvalue weighted by molar-refractivity contribution is 6.08. The lowest BCUT2D eigenvalue weighted by Gasteiger charge is -2.41. The largest absolute Gasteiger partial charge is 0.505 e. The van der Waals surface area contributed by atoms with Crippen molar-refractivity contribution in [3.05, 3.63) is 41.8 Å². The molecule has 4 N–H and O–H groups in total. The maximum atomic E-state index is 14.4. The van der Waals surface area contributed by atoms with Crippen LogP contribution < -0.4 is 16.0 Å². The van der Waals surface area contributed by atoms with E-state index in [-0.39, 0.29) is 40.3 Å². The third-order valence-corrected chi connectivity index (χ3v) is 5.97. The van der Waals surface area contributed by atoms with Crippen molar-refractivity contribution in [2.75, 3.05) is 35.6 Å². The number of halogens is 1. The van der Waals surface area contributed by atoms with Gasteiger partial charge in [0.2, 0.25) is 0 Å². The number of aromatic nitrogens is 2. The minimum absolute atomic E-state index is 0.0385. The number of fused-ring (bicyclic) bond motifs is 1. The van der Waals surface area contributed by atoms with Crippen LogP contribution in [0.2, 0.25) is 0 Å². The first-order valence-corrected chi connectivity index (χ1v) is 11.6. The summed E-state index contributed by atoms with van der Waals surface area (Å²) in [6.45, 7) is 8.73. The van der Waals surface area contributed by atoms with Crippen molar-refractivity contribution in [3.63, 3.8) is 0 Å². The summed E-state index contributed by atoms with van der Waals surface area (Å²) in [6.07, 6.45) is 1.26. The maximum Gasteiger partial charge on any atom is 0.410 e. The fourth-order valence-electron chi connectivity index (χ4n) is 4.31. The van der Waals surface area contributed by atoms with Crippen molar-refractivity contribution in [1.29, 1.82) is 0 Å². The molecule has 0 saturated carbocycles. The molecule has 1 aliphatic heterocycles. The van der Waals surface area contributed by atoms with E-state index in [0.29, 0.717) is 30.7 Å². The van der Waals surface area contributed by atoms with Gasteiger partial charge in [0, 0.05) is 50.0 Å². The fourth-order valence-corrected chi connectivity index (χ4v) is 4.31. The first-order chi connectivity index (χ1) is 16.8. The summed E-state index contributed by atoms with van der Waals surface area (Å²) in [7, 11) is 1.68. The van der Waals surface area contributed by atoms with Crippen LogP contribution in [0.15, 0.2) is 30.5 Å². The minimum atomic E-state index is -0.628. The highest BCUT2D eigenvalue weighted by atomic mass is 19.1. The van der Waals surface area contributed by atoms with Crippen LogP contribution in [-0.2, 0) is 11.8 Å². The highest BCUT2D eigenvalue weighted by Crippen LogP contribution is 2.36. The van der Waals surface area contributed by atoms with E-state index in [9.17, 15) is 19.1 Å². The number of anilines is 3. The Balaban J connectivity index is 1.49. The predicted molar refractivity (Wildman–Crippen MR) is 136 cm³/mol. The quantitative estimate of drug-likeness (QED) is 0.371. The van der Waals surface area contributed by atoms with Crippen LogP contribution in [0.25, 0.3) is 10.9 Å². The van der Waals surface area contributed by atoms with Gasteiger partial charge >= 0.3 is 6.09 Å². The van der Waals surface area contributed by atoms with Gasteiger partial charge in [0.15, 0.2) is 11.6 Å². The van der Waals surface area contributed by atoms with E-state index in [0.717, 1.165) is 0 Å². The van der Waals surface area contributed by atoms with Gasteiger partial charge in [-0.05, 0) is 52.0 Å². The van der Waals surface area contributed by atoms with Gasteiger partial charge < -0.3 is 30.7 Å². The van der Waals surface area contributed by atoms with Gasteiger partial charge in [-0.2, -0.15) is 5.10 Å². The molecule has 192 valence electrons. The molecule has 2 aromatic carbocycles. The SMILES string of the molecule is C[C@H]1CN(c2ccc(C(=O)Nc3cc(F)c4nn(C)cc4c3)c(O)c2N)CCN1C(=O)OC(C)(C)C. The van der Waals surface area contributed by atoms with Crippen molar-refractivity contribution in [2.45, 2.75) is 39.3 Å². The van der Waals surface area contributed by atoms with Crippen molar-refractivity contribution in [1.82, 2.24) is 14.7 Å². The number of phenols is 1. The Morgan fingerprint density at radius 1 is 1.25 bits per heavy atom. The lowest BCUT2D eigenvalue weighted by Crippen LogP contribution is -2.55. The number of carbonyl (C=O) groups is 2. The number of nitrogens with two attached hydrogens (primary N) is 1. The van der Waals surface area contributed by atoms with Gasteiger partial charge in [0.1, 0.15) is 11.1 Å². The number of ether oxygens (including phenoxy) is 1. The zero-order valence-electron chi connectivity index (χ0n) is 21.0. The number of carbonyl (C=O) groups excluding carboxylic acids is 2. The van der Waals surface area contributed by atoms with E-state index in [1.807, 2.05) is 32.6 Å². The monoisotopic (exact) mass is 498 g/mol. The second-order valence-corrected chi connectivity index (χ2v) is 10.0. The number of rotatable bonds is 3. The van der Waals surface area contributed by atoms with Gasteiger partial charge in [-0.15, -0.1) is 0 Å². The first kappa shape index (κ1) is 25.1. The van der Waals surface area contributed by atoms with Gasteiger partial charge in [-0.25, -0.2) is 9.18 Å². The summed E-state index contributed by atoms with van der Waals surface area (Å²) < 4.78 is 21.3. The normalized spacial score (nSPS) is 16.3. The van der Waals surface area contributed by atoms with Crippen molar-refractivity contribution >= 4 is 40.0 Å². The summed E-state index contributed by atoms with van der Waals surface area (Å²) in [5.41, 5.74) is 6.64. The summed E-state index contributed by atoms with van der Waals surface area (Å²) in [4.78, 5) is 29.0. The van der Waals surface area contributed by atoms with Crippen LogP contribution in [0.3, 0.4) is 0 Å². The third-order valence-electron chi connectivity index (χ3n) is 5.97. The number of phenolic OH excluding ortho intramolecular Hbond substituents is 1. The number of benzene rings is 2. The maximum absolute atomic E-state index is 14.4. The molecule has 1 atom stereocenters. The molecule has 1 fully saturated rings. The summed E-state index contributed by atoms with van der Waals surface area (Å²) in [5.74, 6) is -1.56. The van der Waals surface area contributed by atoms with Crippen molar-refractivity contribution in [2.24, 2.45) is 7.05 Å². The average Bonchev–Trinajstić information content (AvgIpc) is 3.15. The Morgan fingerprint density at radius 2 is 1.97 bits per heavy atom. The zero-order chi connectivity index (χ0) is 26.4. The van der Waals surface area contributed by atoms with E-state index in [2.05, 4.69) is 10.4 Å². The van der Waals surface area contributed by atoms with Crippen LogP contribution in [0, 0.1) is 5.82 Å². The van der Waals surface area contributed by atoms with Crippen molar-refractivity contribution < 1.29 is 23.8 Å². The number of nitrogens with zero attached hydrogens (tertiary/aromatic N) is 4. The van der Waals surface area contributed by atoms with Gasteiger partial charge in [0.25, 0.3) is 5.91 Å². The van der Waals surface area contributed by atoms with Crippen LogP contribution >= 0.6 is 0 Å². The molecule has 0 aliphatic carbocycles. The molecule has 2 heterocycles. The Hall–Kier alpha value is -4.02. The van der Waals surface area contributed by atoms with E-state index in [1.54, 1.807) is 30.3 Å². The van der Waals surface area contributed by atoms with Crippen LogP contribution in [0.4, 0.5) is 26.2 Å². The molecule has 1 saturated heterocycles. The molecule has 1 aliphatic rings. The lowest BCUT2D eigenvalue weighted by molar-refractivity contribution is 0.0159. The molecule has 0 spiro atoms. The van der Waals surface area contributed by atoms with E-state index in [1.165, 1.54) is 16.8 Å². The number of aryl methyl sites for hydroxylation is 1. The third kappa shape index (κ3) is 5.00. The Kier molecular flexibility index (Phi) is 6.42. The average molecular weight is 499 g/mol. The highest BCUT2D eigenvalue weighted by Gasteiger charge is 2.32. The molecular weight excluding hydrogens is 467 g/mol. The molecule has 0 radical (unpaired) electrons. The van der Waals surface area contributed by atoms with Gasteiger partial charge in [-0.3, -0.25) is 9.48 Å². The number of amides is 2. The number of nitrogens with one attached hydrogen (secondary N) is 1. The molecule has 10 nitrogen and oxygen atoms in total. The zero-order valence-corrected chi connectivity index (χ0v) is 21.0. The smallest absolute Gasteiger partial charge is 0.410 e. The number of hydrogen-bond acceptors (Lipinski definition) is 7. The number of aromatic hydroxyl groups is 1. The molecule has 11 heteroatoms. The van der Waals surface area contributed by atoms with Gasteiger partial charge in [-0.1, -0.05) is 0 Å². The van der Waals surface area contributed by atoms with Crippen LogP contribution in [0.5, 0.6) is 5.75 Å². The summed E-state index contributed by atoms with van der Waals surface area (Å²) >= 11 is 0. The van der Waals surface area contributed by atoms with E-state index >= 15 is 0 Å². The molecular formula is C25H31FN6O4. The standard InChI is InChI=1S/C25H31FN6O4/c1-14-12-31(8-9-32(14)24(35)36-25(2,3)4)19-7-6-17(22(33)20(19)27)23(34)28-16-10-15-13-30(5)29-21(15)18(26)11-16/h6-7,10-11,13-14,33H,8-9,12,27H2,1-5H3,(H,28,34)/t14-/m0/s1. The Morgan fingerprint density at radius 3 is 2.64 bits per heavy atom. The van der Waals surface area contributed by atoms with Crippen LogP contribution in [-0.4, -0.2) is 63.1 Å². The molecule has 2 amide bonds. The topological polar surface area (TPSA) is 126 Å². The molecule has 36 heavy (non-hydrogen) atoms. The van der Waals surface area contributed by atoms with Gasteiger partial charge in [0.05, 0.1) is 16.9 Å². The number of piperazine rings is 1. The van der Waals surface area contributed by atoms with Crippen molar-refractivity contribution in [3.8, 4) is 5.75 Å². The molecule has 1 aromatic heterocycles. The summed E-state index contributed by atoms with van der Waals surface area (Å²) in [6, 6.07) is 5.75. The second kappa shape index (κ2) is 9.21. The Labute approximate surface area is 208 Å².